The molecular weight excluding hydrogens is 178 g/mol. The number of fused-ring (bicyclic) bond motifs is 1. The Hall–Kier alpha value is -1.48. The van der Waals surface area contributed by atoms with Crippen LogP contribution in [0.15, 0.2) is 28.9 Å². The lowest BCUT2D eigenvalue weighted by molar-refractivity contribution is 0.408. The first-order valence-corrected chi connectivity index (χ1v) is 4.54. The van der Waals surface area contributed by atoms with Crippen LogP contribution < -0.4 is 10.1 Å². The third-order valence-electron chi connectivity index (χ3n) is 2.22. The maximum absolute atomic E-state index is 5.29. The summed E-state index contributed by atoms with van der Waals surface area (Å²) >= 11 is 0. The fourth-order valence-electron chi connectivity index (χ4n) is 1.56. The summed E-state index contributed by atoms with van der Waals surface area (Å²) in [5, 5.41) is 4.21. The van der Waals surface area contributed by atoms with E-state index in [9.17, 15) is 0 Å². The molecule has 0 saturated carbocycles. The molecule has 0 aliphatic rings. The molecule has 0 bridgehead atoms. The van der Waals surface area contributed by atoms with Gasteiger partial charge in [0.15, 0.2) is 0 Å². The van der Waals surface area contributed by atoms with Crippen molar-refractivity contribution in [3.8, 4) is 5.75 Å². The minimum absolute atomic E-state index is 0.796. The number of rotatable bonds is 3. The Bertz CT molecular complexity index is 434. The highest BCUT2D eigenvalue weighted by Crippen LogP contribution is 2.26. The summed E-state index contributed by atoms with van der Waals surface area (Å²) in [5.74, 6) is 0.863. The van der Waals surface area contributed by atoms with Crippen molar-refractivity contribution in [1.29, 1.82) is 0 Å². The Morgan fingerprint density at radius 3 is 3.00 bits per heavy atom. The summed E-state index contributed by atoms with van der Waals surface area (Å²) in [5.41, 5.74) is 2.01. The van der Waals surface area contributed by atoms with Crippen molar-refractivity contribution in [2.24, 2.45) is 0 Å². The number of ether oxygens (including phenoxy) is 1. The molecule has 2 aromatic rings. The highest BCUT2D eigenvalue weighted by molar-refractivity contribution is 5.80. The highest BCUT2D eigenvalue weighted by atomic mass is 16.5. The zero-order valence-corrected chi connectivity index (χ0v) is 8.33. The van der Waals surface area contributed by atoms with Gasteiger partial charge in [-0.2, -0.15) is 0 Å². The highest BCUT2D eigenvalue weighted by Gasteiger charge is 2.06. The summed E-state index contributed by atoms with van der Waals surface area (Å²) in [6, 6.07) is 5.95. The van der Waals surface area contributed by atoms with Gasteiger partial charge in [-0.1, -0.05) is 0 Å². The Morgan fingerprint density at radius 1 is 1.43 bits per heavy atom. The van der Waals surface area contributed by atoms with E-state index in [1.807, 2.05) is 19.2 Å². The summed E-state index contributed by atoms with van der Waals surface area (Å²) < 4.78 is 10.6. The number of hydrogen-bond acceptors (Lipinski definition) is 3. The molecule has 1 aromatic carbocycles. The normalized spacial score (nSPS) is 10.7. The predicted octanol–water partition coefficient (Wildman–Crippen LogP) is 2.16. The molecule has 0 spiro atoms. The van der Waals surface area contributed by atoms with Gasteiger partial charge in [-0.25, -0.2) is 0 Å². The van der Waals surface area contributed by atoms with Crippen LogP contribution in [0.1, 0.15) is 5.56 Å². The average Bonchev–Trinajstić information content (AvgIpc) is 2.64. The van der Waals surface area contributed by atoms with Crippen molar-refractivity contribution in [2.45, 2.75) is 6.54 Å². The molecule has 74 valence electrons. The van der Waals surface area contributed by atoms with Gasteiger partial charge in [0.1, 0.15) is 11.3 Å². The van der Waals surface area contributed by atoms with Gasteiger partial charge < -0.3 is 14.5 Å². The van der Waals surface area contributed by atoms with Crippen molar-refractivity contribution >= 4 is 11.0 Å². The van der Waals surface area contributed by atoms with Crippen LogP contribution in [0.5, 0.6) is 5.75 Å². The van der Waals surface area contributed by atoms with Crippen LogP contribution in [0.25, 0.3) is 11.0 Å². The molecule has 14 heavy (non-hydrogen) atoms. The van der Waals surface area contributed by atoms with Gasteiger partial charge in [0, 0.05) is 23.6 Å². The first-order chi connectivity index (χ1) is 6.85. The van der Waals surface area contributed by atoms with Gasteiger partial charge in [0.25, 0.3) is 0 Å². The molecule has 0 saturated heterocycles. The number of nitrogens with one attached hydrogen (secondary N) is 1. The van der Waals surface area contributed by atoms with Gasteiger partial charge in [-0.15, -0.1) is 0 Å². The first kappa shape index (κ1) is 9.09. The van der Waals surface area contributed by atoms with Gasteiger partial charge in [0.2, 0.25) is 0 Å². The van der Waals surface area contributed by atoms with Crippen molar-refractivity contribution in [2.75, 3.05) is 14.2 Å². The maximum Gasteiger partial charge on any atom is 0.137 e. The Labute approximate surface area is 82.7 Å². The Morgan fingerprint density at radius 2 is 2.29 bits per heavy atom. The minimum Gasteiger partial charge on any atom is -0.496 e. The van der Waals surface area contributed by atoms with Crippen LogP contribution in [-0.2, 0) is 6.54 Å². The lowest BCUT2D eigenvalue weighted by Crippen LogP contribution is -2.06. The molecule has 3 nitrogen and oxygen atoms in total. The van der Waals surface area contributed by atoms with Gasteiger partial charge in [-0.05, 0) is 19.2 Å². The molecule has 1 N–H and O–H groups in total. The van der Waals surface area contributed by atoms with Crippen LogP contribution in [0.2, 0.25) is 0 Å². The molecule has 0 fully saturated rings. The predicted molar refractivity (Wildman–Crippen MR) is 55.5 cm³/mol. The van der Waals surface area contributed by atoms with E-state index < -0.39 is 0 Å². The summed E-state index contributed by atoms with van der Waals surface area (Å²) in [4.78, 5) is 0. The molecular formula is C11H13NO2. The quantitative estimate of drug-likeness (QED) is 0.807. The molecule has 0 amide bonds. The van der Waals surface area contributed by atoms with Crippen LogP contribution >= 0.6 is 0 Å². The van der Waals surface area contributed by atoms with E-state index in [4.69, 9.17) is 9.15 Å². The minimum atomic E-state index is 0.796. The smallest absolute Gasteiger partial charge is 0.137 e. The molecule has 2 rings (SSSR count). The fourth-order valence-corrected chi connectivity index (χ4v) is 1.56. The van der Waals surface area contributed by atoms with Gasteiger partial charge in [0.05, 0.1) is 13.4 Å². The summed E-state index contributed by atoms with van der Waals surface area (Å²) in [7, 11) is 3.59. The van der Waals surface area contributed by atoms with E-state index in [1.165, 1.54) is 0 Å². The first-order valence-electron chi connectivity index (χ1n) is 4.54. The lowest BCUT2D eigenvalue weighted by atomic mass is 10.1. The molecule has 0 atom stereocenters. The zero-order valence-electron chi connectivity index (χ0n) is 8.33. The van der Waals surface area contributed by atoms with Crippen LogP contribution in [-0.4, -0.2) is 14.2 Å². The van der Waals surface area contributed by atoms with E-state index in [1.54, 1.807) is 13.4 Å². The molecule has 1 aromatic heterocycles. The second kappa shape index (κ2) is 3.72. The van der Waals surface area contributed by atoms with Crippen molar-refractivity contribution in [3.05, 3.63) is 30.0 Å². The second-order valence-electron chi connectivity index (χ2n) is 3.15. The Kier molecular flexibility index (Phi) is 2.41. The van der Waals surface area contributed by atoms with E-state index >= 15 is 0 Å². The van der Waals surface area contributed by atoms with Gasteiger partial charge in [-0.3, -0.25) is 0 Å². The molecule has 3 heteroatoms. The lowest BCUT2D eigenvalue weighted by Gasteiger charge is -2.07. The third kappa shape index (κ3) is 1.46. The van der Waals surface area contributed by atoms with E-state index in [2.05, 4.69) is 11.4 Å². The number of hydrogen-bond donors (Lipinski definition) is 1. The standard InChI is InChI=1S/C11H13NO2/c1-12-7-9-5-8-3-4-14-11(8)6-10(9)13-2/h3-6,12H,7H2,1-2H3. The second-order valence-corrected chi connectivity index (χ2v) is 3.15. The van der Waals surface area contributed by atoms with Crippen LogP contribution in [0.4, 0.5) is 0 Å². The fraction of sp³-hybridized carbons (Fsp3) is 0.273. The topological polar surface area (TPSA) is 34.4 Å². The monoisotopic (exact) mass is 191 g/mol. The van der Waals surface area contributed by atoms with Crippen molar-refractivity contribution < 1.29 is 9.15 Å². The number of methoxy groups -OCH3 is 1. The van der Waals surface area contributed by atoms with E-state index in [0.29, 0.717) is 0 Å². The molecule has 0 radical (unpaired) electrons. The summed E-state index contributed by atoms with van der Waals surface area (Å²) in [6.45, 7) is 0.796. The molecule has 1 heterocycles. The SMILES string of the molecule is CNCc1cc2ccoc2cc1OC. The van der Waals surface area contributed by atoms with Crippen molar-refractivity contribution in [3.63, 3.8) is 0 Å². The molecule has 0 aliphatic heterocycles. The van der Waals surface area contributed by atoms with E-state index in [-0.39, 0.29) is 0 Å². The maximum atomic E-state index is 5.29. The number of benzene rings is 1. The Balaban J connectivity index is 2.54. The molecule has 0 unspecified atom stereocenters. The van der Waals surface area contributed by atoms with Gasteiger partial charge >= 0.3 is 0 Å². The van der Waals surface area contributed by atoms with Crippen LogP contribution in [0.3, 0.4) is 0 Å². The number of furan rings is 1. The summed E-state index contributed by atoms with van der Waals surface area (Å²) in [6.07, 6.45) is 1.69. The largest absolute Gasteiger partial charge is 0.496 e. The van der Waals surface area contributed by atoms with E-state index in [0.717, 1.165) is 28.8 Å². The average molecular weight is 191 g/mol. The van der Waals surface area contributed by atoms with Crippen molar-refractivity contribution in [1.82, 2.24) is 5.32 Å². The zero-order chi connectivity index (χ0) is 9.97. The third-order valence-corrected chi connectivity index (χ3v) is 2.22. The molecule has 0 aliphatic carbocycles. The van der Waals surface area contributed by atoms with Crippen LogP contribution in [0, 0.1) is 0 Å².